The summed E-state index contributed by atoms with van der Waals surface area (Å²) in [6, 6.07) is 9.91. The molecule has 1 N–H and O–H groups in total. The van der Waals surface area contributed by atoms with E-state index in [1.807, 2.05) is 19.1 Å². The maximum Gasteiger partial charge on any atom is 0.355 e. The van der Waals surface area contributed by atoms with E-state index in [1.54, 1.807) is 52.0 Å². The number of carbonyl (C=O) groups is 3. The van der Waals surface area contributed by atoms with Crippen LogP contribution in [0, 0.1) is 20.8 Å². The van der Waals surface area contributed by atoms with Crippen LogP contribution in [0.15, 0.2) is 47.1 Å². The zero-order valence-electron chi connectivity index (χ0n) is 19.0. The molecule has 168 valence electrons. The van der Waals surface area contributed by atoms with E-state index < -0.39 is 12.0 Å². The van der Waals surface area contributed by atoms with Crippen LogP contribution >= 0.6 is 0 Å². The smallest absolute Gasteiger partial charge is 0.355 e. The van der Waals surface area contributed by atoms with Gasteiger partial charge in [0.2, 0.25) is 0 Å². The van der Waals surface area contributed by atoms with Crippen LogP contribution in [-0.2, 0) is 11.3 Å². The molecular weight excluding hydrogens is 408 g/mol. The Bertz CT molecular complexity index is 1110. The van der Waals surface area contributed by atoms with Crippen molar-refractivity contribution < 1.29 is 23.5 Å². The van der Waals surface area contributed by atoms with Gasteiger partial charge in [0.05, 0.1) is 25.5 Å². The van der Waals surface area contributed by atoms with Gasteiger partial charge >= 0.3 is 5.97 Å². The molecule has 0 fully saturated rings. The highest BCUT2D eigenvalue weighted by molar-refractivity contribution is 6.07. The number of nitrogens with one attached hydrogen (secondary N) is 1. The minimum atomic E-state index is -0.794. The van der Waals surface area contributed by atoms with Crippen molar-refractivity contribution in [3.63, 3.8) is 0 Å². The number of nitrogens with zero attached hydrogens (tertiary/aromatic N) is 1. The number of aromatic amines is 1. The summed E-state index contributed by atoms with van der Waals surface area (Å²) >= 11 is 0. The van der Waals surface area contributed by atoms with Crippen LogP contribution in [-0.4, -0.2) is 40.2 Å². The molecule has 1 aromatic carbocycles. The third-order valence-corrected chi connectivity index (χ3v) is 5.48. The van der Waals surface area contributed by atoms with E-state index in [1.165, 1.54) is 11.2 Å². The van der Waals surface area contributed by atoms with E-state index >= 15 is 0 Å². The van der Waals surface area contributed by atoms with E-state index in [2.05, 4.69) is 4.98 Å². The van der Waals surface area contributed by atoms with Gasteiger partial charge in [-0.15, -0.1) is 0 Å². The van der Waals surface area contributed by atoms with E-state index in [0.29, 0.717) is 28.1 Å². The van der Waals surface area contributed by atoms with Crippen LogP contribution in [0.2, 0.25) is 0 Å². The number of furan rings is 1. The molecule has 32 heavy (non-hydrogen) atoms. The average Bonchev–Trinajstić information content (AvgIpc) is 3.38. The Balaban J connectivity index is 1.96. The SMILES string of the molecule is CCOC(=O)c1[nH]c(C)c(C(=O)[C@@H](C)N(Cc2ccco2)C(=O)c2ccc(C)cc2)c1C. The lowest BCUT2D eigenvalue weighted by Crippen LogP contribution is -2.43. The standard InChI is InChI=1S/C25H28N2O5/c1-6-31-25(30)22-16(3)21(17(4)26-22)23(28)18(5)27(14-20-8-7-13-32-20)24(29)19-11-9-15(2)10-12-19/h7-13,18,26H,6,14H2,1-5H3/t18-/m1/s1. The lowest BCUT2D eigenvalue weighted by atomic mass is 9.99. The molecule has 3 rings (SSSR count). The number of Topliss-reactive ketones (excluding diaryl/α,β-unsaturated/α-hetero) is 1. The molecule has 1 amide bonds. The Morgan fingerprint density at radius 2 is 1.78 bits per heavy atom. The summed E-state index contributed by atoms with van der Waals surface area (Å²) in [6.07, 6.45) is 1.53. The summed E-state index contributed by atoms with van der Waals surface area (Å²) < 4.78 is 10.5. The highest BCUT2D eigenvalue weighted by Crippen LogP contribution is 2.24. The van der Waals surface area contributed by atoms with E-state index in [0.717, 1.165) is 5.56 Å². The van der Waals surface area contributed by atoms with Crippen LogP contribution in [0.3, 0.4) is 0 Å². The minimum absolute atomic E-state index is 0.139. The fraction of sp³-hybridized carbons (Fsp3) is 0.320. The minimum Gasteiger partial charge on any atom is -0.467 e. The number of aromatic nitrogens is 1. The van der Waals surface area contributed by atoms with E-state index in [-0.39, 0.29) is 30.5 Å². The van der Waals surface area contributed by atoms with Crippen molar-refractivity contribution in [2.45, 2.75) is 47.2 Å². The molecular formula is C25H28N2O5. The number of H-pyrrole nitrogens is 1. The largest absolute Gasteiger partial charge is 0.467 e. The molecule has 2 heterocycles. The Morgan fingerprint density at radius 3 is 2.38 bits per heavy atom. The van der Waals surface area contributed by atoms with Gasteiger partial charge in [0.25, 0.3) is 5.91 Å². The molecule has 7 heteroatoms. The molecule has 7 nitrogen and oxygen atoms in total. The summed E-state index contributed by atoms with van der Waals surface area (Å²) in [4.78, 5) is 43.6. The predicted octanol–water partition coefficient (Wildman–Crippen LogP) is 4.62. The average molecular weight is 437 g/mol. The zero-order valence-corrected chi connectivity index (χ0v) is 19.0. The summed E-state index contributed by atoms with van der Waals surface area (Å²) in [5, 5.41) is 0. The Morgan fingerprint density at radius 1 is 1.09 bits per heavy atom. The zero-order chi connectivity index (χ0) is 23.4. The molecule has 0 saturated heterocycles. The fourth-order valence-corrected chi connectivity index (χ4v) is 3.69. The van der Waals surface area contributed by atoms with Gasteiger partial charge in [-0.1, -0.05) is 17.7 Å². The summed E-state index contributed by atoms with van der Waals surface area (Å²) in [5.41, 5.74) is 3.23. The van der Waals surface area contributed by atoms with Crippen LogP contribution in [0.4, 0.5) is 0 Å². The van der Waals surface area contributed by atoms with E-state index in [4.69, 9.17) is 9.15 Å². The first-order valence-corrected chi connectivity index (χ1v) is 10.5. The Hall–Kier alpha value is -3.61. The third-order valence-electron chi connectivity index (χ3n) is 5.48. The number of esters is 1. The quantitative estimate of drug-likeness (QED) is 0.411. The second kappa shape index (κ2) is 9.68. The first-order chi connectivity index (χ1) is 15.2. The van der Waals surface area contributed by atoms with Crippen molar-refractivity contribution in [1.82, 2.24) is 9.88 Å². The number of benzene rings is 1. The number of ether oxygens (including phenoxy) is 1. The van der Waals surface area contributed by atoms with Crippen LogP contribution in [0.1, 0.15) is 67.6 Å². The molecule has 0 unspecified atom stereocenters. The van der Waals surface area contributed by atoms with Crippen LogP contribution in [0.5, 0.6) is 0 Å². The molecule has 3 aromatic rings. The van der Waals surface area contributed by atoms with Gasteiger partial charge in [0, 0.05) is 16.8 Å². The van der Waals surface area contributed by atoms with E-state index in [9.17, 15) is 14.4 Å². The van der Waals surface area contributed by atoms with Gasteiger partial charge in [0.15, 0.2) is 5.78 Å². The van der Waals surface area contributed by atoms with Crippen molar-refractivity contribution >= 4 is 17.7 Å². The van der Waals surface area contributed by atoms with Crippen LogP contribution in [0.25, 0.3) is 0 Å². The van der Waals surface area contributed by atoms with Gasteiger partial charge in [-0.2, -0.15) is 0 Å². The first-order valence-electron chi connectivity index (χ1n) is 10.5. The maximum absolute atomic E-state index is 13.5. The van der Waals surface area contributed by atoms with Gasteiger partial charge in [-0.05, 0) is 64.4 Å². The molecule has 0 radical (unpaired) electrons. The van der Waals surface area contributed by atoms with Crippen molar-refractivity contribution in [3.8, 4) is 0 Å². The lowest BCUT2D eigenvalue weighted by molar-refractivity contribution is 0.0518. The van der Waals surface area contributed by atoms with Crippen molar-refractivity contribution in [2.24, 2.45) is 0 Å². The Labute approximate surface area is 187 Å². The summed E-state index contributed by atoms with van der Waals surface area (Å²) in [5.74, 6) is -0.486. The number of ketones is 1. The molecule has 0 saturated carbocycles. The predicted molar refractivity (Wildman–Crippen MR) is 120 cm³/mol. The van der Waals surface area contributed by atoms with Gasteiger partial charge in [-0.25, -0.2) is 4.79 Å². The maximum atomic E-state index is 13.5. The third kappa shape index (κ3) is 4.66. The topological polar surface area (TPSA) is 92.6 Å². The highest BCUT2D eigenvalue weighted by Gasteiger charge is 2.32. The number of carbonyl (C=O) groups excluding carboxylic acids is 3. The molecule has 1 atom stereocenters. The number of rotatable bonds is 8. The van der Waals surface area contributed by atoms with Gasteiger partial charge in [-0.3, -0.25) is 9.59 Å². The lowest BCUT2D eigenvalue weighted by Gasteiger charge is -2.28. The molecule has 0 bridgehead atoms. The number of aryl methyl sites for hydroxylation is 2. The van der Waals surface area contributed by atoms with Crippen molar-refractivity contribution in [1.29, 1.82) is 0 Å². The molecule has 0 aliphatic heterocycles. The van der Waals surface area contributed by atoms with Gasteiger partial charge < -0.3 is 19.0 Å². The fourth-order valence-electron chi connectivity index (χ4n) is 3.69. The highest BCUT2D eigenvalue weighted by atomic mass is 16.5. The molecule has 0 spiro atoms. The summed E-state index contributed by atoms with van der Waals surface area (Å²) in [6.45, 7) is 9.16. The van der Waals surface area contributed by atoms with Crippen LogP contribution < -0.4 is 0 Å². The second-order valence-electron chi connectivity index (χ2n) is 7.76. The first kappa shape index (κ1) is 23.1. The normalized spacial score (nSPS) is 11.8. The monoisotopic (exact) mass is 436 g/mol. The molecule has 2 aromatic heterocycles. The van der Waals surface area contributed by atoms with Crippen molar-refractivity contribution in [3.05, 3.63) is 82.1 Å². The Kier molecular flexibility index (Phi) is 6.98. The summed E-state index contributed by atoms with van der Waals surface area (Å²) in [7, 11) is 0. The van der Waals surface area contributed by atoms with Crippen molar-refractivity contribution in [2.75, 3.05) is 6.61 Å². The molecule has 0 aliphatic rings. The number of hydrogen-bond acceptors (Lipinski definition) is 5. The number of hydrogen-bond donors (Lipinski definition) is 1. The number of amides is 1. The second-order valence-corrected chi connectivity index (χ2v) is 7.76. The molecule has 0 aliphatic carbocycles. The van der Waals surface area contributed by atoms with Gasteiger partial charge in [0.1, 0.15) is 11.5 Å².